The monoisotopic (exact) mass is 608 g/mol. The molecule has 2 aromatic carbocycles. The van der Waals surface area contributed by atoms with Gasteiger partial charge in [0, 0.05) is 18.2 Å². The Morgan fingerprint density at radius 2 is 2.00 bits per heavy atom. The largest absolute Gasteiger partial charge is 0.511 e. The molecule has 4 aliphatic rings. The van der Waals surface area contributed by atoms with Crippen molar-refractivity contribution in [1.29, 1.82) is 0 Å². The Morgan fingerprint density at radius 3 is 2.70 bits per heavy atom. The molecule has 4 atom stereocenters. The summed E-state index contributed by atoms with van der Waals surface area (Å²) < 4.78 is 69.6. The fourth-order valence-electron chi connectivity index (χ4n) is 6.92. The van der Waals surface area contributed by atoms with Crippen molar-refractivity contribution < 1.29 is 31.1 Å². The van der Waals surface area contributed by atoms with E-state index < -0.39 is 43.2 Å². The topological polar surface area (TPSA) is 145 Å². The molecular weight excluding hydrogens is 583 g/mol. The number of sulfonamides is 2. The SMILES string of the molecule is C[C@]12C3CCC(C3)[C@H]1C(O)=C(C1=NS(=O)(=O)c3cc(NS(C)(=O)=O)ccc3N1)C(=O)N2Cc1ccc(F)c(Cl)c1. The summed E-state index contributed by atoms with van der Waals surface area (Å²) in [5.74, 6) is -1.93. The number of carbonyl (C=O) groups excluding carboxylic acids is 1. The molecule has 6 rings (SSSR count). The van der Waals surface area contributed by atoms with E-state index in [1.54, 1.807) is 4.90 Å². The van der Waals surface area contributed by atoms with Gasteiger partial charge in [-0.1, -0.05) is 17.7 Å². The van der Waals surface area contributed by atoms with E-state index in [4.69, 9.17) is 11.6 Å². The van der Waals surface area contributed by atoms with E-state index in [2.05, 4.69) is 14.4 Å². The summed E-state index contributed by atoms with van der Waals surface area (Å²) in [6, 6.07) is 8.08. The zero-order valence-electron chi connectivity index (χ0n) is 21.5. The third-order valence-corrected chi connectivity index (χ3v) is 10.8. The van der Waals surface area contributed by atoms with Gasteiger partial charge >= 0.3 is 0 Å². The Kier molecular flexibility index (Phi) is 6.03. The number of amidine groups is 1. The van der Waals surface area contributed by atoms with E-state index >= 15 is 0 Å². The lowest BCUT2D eigenvalue weighted by molar-refractivity contribution is -0.141. The van der Waals surface area contributed by atoms with Gasteiger partial charge in [0.1, 0.15) is 22.0 Å². The summed E-state index contributed by atoms with van der Waals surface area (Å²) >= 11 is 6.01. The molecule has 14 heteroatoms. The van der Waals surface area contributed by atoms with Crippen molar-refractivity contribution in [2.24, 2.45) is 22.2 Å². The number of hydrogen-bond donors (Lipinski definition) is 3. The molecule has 0 spiro atoms. The number of amides is 1. The van der Waals surface area contributed by atoms with Crippen molar-refractivity contribution in [3.8, 4) is 0 Å². The van der Waals surface area contributed by atoms with Crippen LogP contribution in [-0.2, 0) is 31.4 Å². The molecule has 2 fully saturated rings. The lowest BCUT2D eigenvalue weighted by atomic mass is 9.68. The maximum atomic E-state index is 14.2. The number of carbonyl (C=O) groups is 1. The highest BCUT2D eigenvalue weighted by Crippen LogP contribution is 2.61. The normalized spacial score (nSPS) is 28.6. The molecule has 0 saturated heterocycles. The maximum Gasteiger partial charge on any atom is 0.286 e. The van der Waals surface area contributed by atoms with Gasteiger partial charge in [-0.25, -0.2) is 12.8 Å². The van der Waals surface area contributed by atoms with Crippen molar-refractivity contribution in [3.63, 3.8) is 0 Å². The van der Waals surface area contributed by atoms with Crippen molar-refractivity contribution in [3.05, 3.63) is 64.1 Å². The van der Waals surface area contributed by atoms with Gasteiger partial charge in [-0.05, 0) is 73.9 Å². The van der Waals surface area contributed by atoms with Gasteiger partial charge in [0.15, 0.2) is 5.84 Å². The molecule has 0 aromatic heterocycles. The Labute approximate surface area is 236 Å². The molecule has 2 saturated carbocycles. The van der Waals surface area contributed by atoms with Crippen LogP contribution in [0.4, 0.5) is 15.8 Å². The summed E-state index contributed by atoms with van der Waals surface area (Å²) in [5, 5.41) is 14.4. The second kappa shape index (κ2) is 8.92. The summed E-state index contributed by atoms with van der Waals surface area (Å²) in [4.78, 5) is 15.5. The van der Waals surface area contributed by atoms with Gasteiger partial charge in [0.25, 0.3) is 15.9 Å². The van der Waals surface area contributed by atoms with Crippen molar-refractivity contribution in [1.82, 2.24) is 4.90 Å². The fourth-order valence-corrected chi connectivity index (χ4v) is 8.82. The number of nitrogens with one attached hydrogen (secondary N) is 2. The number of nitrogens with zero attached hydrogens (tertiary/aromatic N) is 2. The Morgan fingerprint density at radius 1 is 1.25 bits per heavy atom. The van der Waals surface area contributed by atoms with Crippen LogP contribution in [-0.4, -0.2) is 50.4 Å². The zero-order chi connectivity index (χ0) is 28.8. The minimum absolute atomic E-state index is 0.0305. The molecule has 2 aliphatic heterocycles. The first-order valence-corrected chi connectivity index (χ1v) is 16.3. The van der Waals surface area contributed by atoms with Crippen molar-refractivity contribution in [2.75, 3.05) is 16.3 Å². The number of hydrogen-bond acceptors (Lipinski definition) is 7. The Balaban J connectivity index is 1.44. The number of rotatable bonds is 5. The van der Waals surface area contributed by atoms with Crippen LogP contribution < -0.4 is 10.0 Å². The van der Waals surface area contributed by atoms with Crippen LogP contribution in [0.1, 0.15) is 31.7 Å². The molecule has 2 unspecified atom stereocenters. The van der Waals surface area contributed by atoms with Crippen LogP contribution >= 0.6 is 11.6 Å². The molecule has 212 valence electrons. The summed E-state index contributed by atoms with van der Waals surface area (Å²) in [5.41, 5.74) is -0.285. The maximum absolute atomic E-state index is 14.2. The summed E-state index contributed by atoms with van der Waals surface area (Å²) in [6.07, 6.45) is 3.50. The first-order chi connectivity index (χ1) is 18.7. The second-order valence-electron chi connectivity index (χ2n) is 11.0. The summed E-state index contributed by atoms with van der Waals surface area (Å²) in [7, 11) is -8.04. The van der Waals surface area contributed by atoms with Gasteiger partial charge in [-0.3, -0.25) is 9.52 Å². The van der Waals surface area contributed by atoms with Crippen LogP contribution in [0.3, 0.4) is 0 Å². The van der Waals surface area contributed by atoms with Gasteiger partial charge in [0.2, 0.25) is 10.0 Å². The van der Waals surface area contributed by atoms with E-state index in [9.17, 15) is 31.1 Å². The first kappa shape index (κ1) is 27.0. The molecule has 40 heavy (non-hydrogen) atoms. The average molecular weight is 609 g/mol. The molecule has 10 nitrogen and oxygen atoms in total. The van der Waals surface area contributed by atoms with Crippen molar-refractivity contribution in [2.45, 2.75) is 43.2 Å². The lowest BCUT2D eigenvalue weighted by Crippen LogP contribution is -2.61. The molecule has 2 aliphatic carbocycles. The van der Waals surface area contributed by atoms with Crippen LogP contribution in [0.15, 0.2) is 57.0 Å². The van der Waals surface area contributed by atoms with Crippen LogP contribution in [0.5, 0.6) is 0 Å². The Hall–Kier alpha value is -3.16. The molecule has 1 amide bonds. The third kappa shape index (κ3) is 4.17. The van der Waals surface area contributed by atoms with E-state index in [1.165, 1.54) is 30.3 Å². The third-order valence-electron chi connectivity index (χ3n) is 8.58. The number of halogens is 2. The van der Waals surface area contributed by atoms with E-state index in [0.29, 0.717) is 5.56 Å². The minimum Gasteiger partial charge on any atom is -0.511 e. The van der Waals surface area contributed by atoms with Crippen molar-refractivity contribution >= 4 is 54.8 Å². The van der Waals surface area contributed by atoms with Gasteiger partial charge in [-0.2, -0.15) is 8.42 Å². The molecule has 2 heterocycles. The quantitative estimate of drug-likeness (QED) is 0.465. The van der Waals surface area contributed by atoms with Crippen LogP contribution in [0.2, 0.25) is 5.02 Å². The summed E-state index contributed by atoms with van der Waals surface area (Å²) in [6.45, 7) is 2.01. The number of benzene rings is 2. The number of anilines is 2. The molecule has 2 aromatic rings. The number of aliphatic hydroxyl groups excluding tert-OH is 1. The minimum atomic E-state index is -4.38. The first-order valence-electron chi connectivity index (χ1n) is 12.6. The molecular formula is C26H26ClFN4O6S2. The highest BCUT2D eigenvalue weighted by molar-refractivity contribution is 7.92. The van der Waals surface area contributed by atoms with Gasteiger partial charge in [-0.15, -0.1) is 4.40 Å². The van der Waals surface area contributed by atoms with E-state index in [-0.39, 0.29) is 56.8 Å². The van der Waals surface area contributed by atoms with Crippen LogP contribution in [0, 0.1) is 23.6 Å². The van der Waals surface area contributed by atoms with Gasteiger partial charge < -0.3 is 15.3 Å². The Bertz CT molecular complexity index is 1760. The predicted molar refractivity (Wildman–Crippen MR) is 147 cm³/mol. The van der Waals surface area contributed by atoms with E-state index in [0.717, 1.165) is 31.6 Å². The smallest absolute Gasteiger partial charge is 0.286 e. The standard InChI is InChI=1S/C26H26ClFN4O6S2/c1-26-15-5-4-14(10-15)22(26)23(33)21(25(34)32(26)12-13-3-7-18(28)17(27)9-13)24-29-19-8-6-16(30-39(2,35)36)11-20(19)40(37,38)31-24/h3,6-9,11,14-15,22,30,33H,4-5,10,12H2,1-2H3,(H,29,31)/t14?,15?,22-,26-/m0/s1. The molecule has 2 bridgehead atoms. The molecule has 3 N–H and O–H groups in total. The lowest BCUT2D eigenvalue weighted by Gasteiger charge is -2.52. The van der Waals surface area contributed by atoms with E-state index in [1.807, 2.05) is 6.92 Å². The number of fused-ring (bicyclic) bond motifs is 6. The zero-order valence-corrected chi connectivity index (χ0v) is 23.9. The van der Waals surface area contributed by atoms with Gasteiger partial charge in [0.05, 0.1) is 22.5 Å². The predicted octanol–water partition coefficient (Wildman–Crippen LogP) is 4.02. The van der Waals surface area contributed by atoms with Crippen LogP contribution in [0.25, 0.3) is 0 Å². The highest BCUT2D eigenvalue weighted by Gasteiger charge is 2.64. The number of aliphatic hydroxyl groups is 1. The average Bonchev–Trinajstić information content (AvgIpc) is 3.44. The molecule has 0 radical (unpaired) electrons. The second-order valence-corrected chi connectivity index (χ2v) is 14.7. The fraction of sp³-hybridized carbons (Fsp3) is 0.385. The highest BCUT2D eigenvalue weighted by atomic mass is 35.5.